The minimum absolute atomic E-state index is 0.194. The molecule has 1 N–H and O–H groups in total. The van der Waals surface area contributed by atoms with Crippen molar-refractivity contribution in [3.8, 4) is 0 Å². The quantitative estimate of drug-likeness (QED) is 0.823. The molecule has 5 rings (SSSR count). The van der Waals surface area contributed by atoms with Crippen molar-refractivity contribution in [2.75, 3.05) is 19.6 Å². The molecule has 0 radical (unpaired) electrons. The lowest BCUT2D eigenvalue weighted by atomic mass is 9.84. The average molecular weight is 369 g/mol. The number of aliphatic hydroxyl groups is 1. The van der Waals surface area contributed by atoms with Crippen LogP contribution in [0.5, 0.6) is 0 Å². The van der Waals surface area contributed by atoms with Gasteiger partial charge in [0.15, 0.2) is 0 Å². The van der Waals surface area contributed by atoms with Crippen molar-refractivity contribution >= 4 is 5.97 Å². The van der Waals surface area contributed by atoms with Crippen LogP contribution in [0.1, 0.15) is 29.5 Å². The number of halogens is 1. The summed E-state index contributed by atoms with van der Waals surface area (Å²) in [5.41, 5.74) is -0.580. The number of nitrogens with zero attached hydrogens (tertiary/aromatic N) is 1. The van der Waals surface area contributed by atoms with Crippen LogP contribution in [0.4, 0.5) is 4.39 Å². The molecule has 3 saturated heterocycles. The molecule has 5 heteroatoms. The molecule has 27 heavy (non-hydrogen) atoms. The molecule has 142 valence electrons. The number of rotatable bonds is 5. The summed E-state index contributed by atoms with van der Waals surface area (Å²) in [7, 11) is 0. The van der Waals surface area contributed by atoms with Crippen LogP contribution in [0, 0.1) is 5.92 Å². The molecule has 2 aromatic carbocycles. The Hall–Kier alpha value is -2.24. The zero-order valence-electron chi connectivity index (χ0n) is 15.2. The highest BCUT2D eigenvalue weighted by Crippen LogP contribution is 2.35. The number of carbonyl (C=O) groups excluding carboxylic acids is 1. The lowest BCUT2D eigenvalue weighted by Crippen LogP contribution is -2.53. The largest absolute Gasteiger partial charge is 0.458 e. The van der Waals surface area contributed by atoms with E-state index in [2.05, 4.69) is 4.90 Å². The number of esters is 1. The minimum Gasteiger partial charge on any atom is -0.458 e. The van der Waals surface area contributed by atoms with Crippen LogP contribution in [-0.4, -0.2) is 41.7 Å². The van der Waals surface area contributed by atoms with Gasteiger partial charge in [-0.2, -0.15) is 0 Å². The molecule has 3 fully saturated rings. The normalized spacial score (nSPS) is 26.4. The maximum Gasteiger partial charge on any atom is 0.348 e. The minimum atomic E-state index is -1.91. The first-order valence-electron chi connectivity index (χ1n) is 9.48. The van der Waals surface area contributed by atoms with Gasteiger partial charge in [0.1, 0.15) is 12.8 Å². The molecule has 0 aromatic heterocycles. The van der Waals surface area contributed by atoms with Crippen LogP contribution in [0.15, 0.2) is 54.6 Å². The van der Waals surface area contributed by atoms with Crippen LogP contribution in [0.2, 0.25) is 0 Å². The fourth-order valence-electron chi connectivity index (χ4n) is 4.18. The molecule has 0 amide bonds. The molecule has 3 heterocycles. The molecule has 2 bridgehead atoms. The Kier molecular flexibility index (Phi) is 4.98. The summed E-state index contributed by atoms with van der Waals surface area (Å²) in [6.07, 6.45) is 1.85. The highest BCUT2D eigenvalue weighted by atomic mass is 19.1. The predicted octanol–water partition coefficient (Wildman–Crippen LogP) is 3.03. The van der Waals surface area contributed by atoms with E-state index in [1.807, 2.05) is 6.07 Å². The summed E-state index contributed by atoms with van der Waals surface area (Å²) < 4.78 is 18.7. The van der Waals surface area contributed by atoms with Crippen LogP contribution in [0.25, 0.3) is 0 Å². The Labute approximate surface area is 158 Å². The van der Waals surface area contributed by atoms with E-state index in [9.17, 15) is 14.3 Å². The number of hydrogen-bond acceptors (Lipinski definition) is 4. The van der Waals surface area contributed by atoms with Crippen molar-refractivity contribution in [3.63, 3.8) is 0 Å². The molecule has 2 atom stereocenters. The van der Waals surface area contributed by atoms with Gasteiger partial charge in [0.25, 0.3) is 0 Å². The van der Waals surface area contributed by atoms with Crippen LogP contribution < -0.4 is 0 Å². The SMILES string of the molecule is O=C(O[C@@H]1CN2CCC1CC2)[C@](O)(c1ccccc1)c1ccc(CF)cc1. The first kappa shape index (κ1) is 18.1. The summed E-state index contributed by atoms with van der Waals surface area (Å²) in [6, 6.07) is 15.2. The van der Waals surface area contributed by atoms with Gasteiger partial charge in [-0.15, -0.1) is 0 Å². The van der Waals surface area contributed by atoms with Gasteiger partial charge in [-0.25, -0.2) is 9.18 Å². The first-order chi connectivity index (χ1) is 13.1. The van der Waals surface area contributed by atoms with Crippen LogP contribution >= 0.6 is 0 Å². The van der Waals surface area contributed by atoms with Crippen molar-refractivity contribution in [2.24, 2.45) is 5.92 Å². The maximum absolute atomic E-state index is 13.2. The smallest absolute Gasteiger partial charge is 0.348 e. The topological polar surface area (TPSA) is 49.8 Å². The summed E-state index contributed by atoms with van der Waals surface area (Å²) in [6.45, 7) is 2.23. The van der Waals surface area contributed by atoms with Gasteiger partial charge in [0, 0.05) is 6.54 Å². The summed E-state index contributed by atoms with van der Waals surface area (Å²) in [4.78, 5) is 15.5. The lowest BCUT2D eigenvalue weighted by molar-refractivity contribution is -0.177. The Bertz CT molecular complexity index is 787. The molecule has 3 aliphatic rings. The number of piperidine rings is 3. The predicted molar refractivity (Wildman–Crippen MR) is 99.7 cm³/mol. The van der Waals surface area contributed by atoms with E-state index >= 15 is 0 Å². The Balaban J connectivity index is 1.66. The van der Waals surface area contributed by atoms with E-state index in [1.165, 1.54) is 0 Å². The van der Waals surface area contributed by atoms with Gasteiger partial charge in [0.05, 0.1) is 0 Å². The summed E-state index contributed by atoms with van der Waals surface area (Å²) >= 11 is 0. The second-order valence-corrected chi connectivity index (χ2v) is 7.49. The van der Waals surface area contributed by atoms with Gasteiger partial charge in [0.2, 0.25) is 5.60 Å². The summed E-state index contributed by atoms with van der Waals surface area (Å²) in [5.74, 6) is -0.312. The van der Waals surface area contributed by atoms with E-state index in [0.29, 0.717) is 22.6 Å². The molecule has 3 aliphatic heterocycles. The van der Waals surface area contributed by atoms with Gasteiger partial charge in [-0.1, -0.05) is 54.6 Å². The maximum atomic E-state index is 13.2. The Morgan fingerprint density at radius 2 is 1.70 bits per heavy atom. The van der Waals surface area contributed by atoms with Gasteiger partial charge in [-0.3, -0.25) is 4.90 Å². The van der Waals surface area contributed by atoms with Gasteiger partial charge < -0.3 is 9.84 Å². The van der Waals surface area contributed by atoms with Crippen molar-refractivity contribution in [1.82, 2.24) is 4.90 Å². The first-order valence-corrected chi connectivity index (χ1v) is 9.48. The van der Waals surface area contributed by atoms with E-state index in [1.54, 1.807) is 48.5 Å². The fourth-order valence-corrected chi connectivity index (χ4v) is 4.18. The molecule has 0 saturated carbocycles. The zero-order chi connectivity index (χ0) is 18.9. The van der Waals surface area contributed by atoms with E-state index in [0.717, 1.165) is 32.5 Å². The van der Waals surface area contributed by atoms with Crippen molar-refractivity contribution in [1.29, 1.82) is 0 Å². The van der Waals surface area contributed by atoms with Crippen LogP contribution in [0.3, 0.4) is 0 Å². The molecule has 0 spiro atoms. The van der Waals surface area contributed by atoms with Crippen molar-refractivity contribution < 1.29 is 19.0 Å². The molecule has 0 unspecified atom stereocenters. The van der Waals surface area contributed by atoms with Crippen molar-refractivity contribution in [2.45, 2.75) is 31.2 Å². The van der Waals surface area contributed by atoms with Gasteiger partial charge >= 0.3 is 5.97 Å². The number of carbonyl (C=O) groups is 1. The Morgan fingerprint density at radius 3 is 2.26 bits per heavy atom. The Morgan fingerprint density at radius 1 is 1.07 bits per heavy atom. The highest BCUT2D eigenvalue weighted by molar-refractivity contribution is 5.85. The molecule has 0 aliphatic carbocycles. The average Bonchev–Trinajstić information content (AvgIpc) is 2.74. The van der Waals surface area contributed by atoms with E-state index < -0.39 is 18.2 Å². The van der Waals surface area contributed by atoms with Crippen molar-refractivity contribution in [3.05, 3.63) is 71.3 Å². The van der Waals surface area contributed by atoms with Crippen LogP contribution in [-0.2, 0) is 21.8 Å². The highest BCUT2D eigenvalue weighted by Gasteiger charge is 2.45. The second kappa shape index (κ2) is 7.41. The number of ether oxygens (including phenoxy) is 1. The third-order valence-corrected chi connectivity index (χ3v) is 5.87. The number of hydrogen-bond donors (Lipinski definition) is 1. The third kappa shape index (κ3) is 3.37. The summed E-state index contributed by atoms with van der Waals surface area (Å²) in [5, 5.41) is 11.5. The number of benzene rings is 2. The molecular formula is C22H24FNO3. The number of fused-ring (bicyclic) bond motifs is 3. The molecular weight excluding hydrogens is 345 g/mol. The van der Waals surface area contributed by atoms with E-state index in [4.69, 9.17) is 4.74 Å². The lowest BCUT2D eigenvalue weighted by Gasteiger charge is -2.44. The second-order valence-electron chi connectivity index (χ2n) is 7.49. The molecule has 2 aromatic rings. The monoisotopic (exact) mass is 369 g/mol. The zero-order valence-corrected chi connectivity index (χ0v) is 15.2. The van der Waals surface area contributed by atoms with E-state index in [-0.39, 0.29) is 6.10 Å². The molecule has 4 nitrogen and oxygen atoms in total. The fraction of sp³-hybridized carbons (Fsp3) is 0.409. The number of alkyl halides is 1. The standard InChI is InChI=1S/C22H24FNO3/c23-14-16-6-8-19(9-7-16)22(26,18-4-2-1-3-5-18)21(25)27-20-15-24-12-10-17(20)11-13-24/h1-9,17,20,26H,10-15H2/t20-,22+/m1/s1. The van der Waals surface area contributed by atoms with Gasteiger partial charge in [-0.05, 0) is 48.5 Å². The third-order valence-electron chi connectivity index (χ3n) is 5.87.